The van der Waals surface area contributed by atoms with Crippen LogP contribution in [-0.2, 0) is 77.1 Å². The Kier molecular flexibility index (Phi) is 17.3. The number of hydrogen-bond acceptors (Lipinski definition) is 17. The second-order valence-corrected chi connectivity index (χ2v) is 26.0. The van der Waals surface area contributed by atoms with Crippen LogP contribution in [-0.4, -0.2) is 118 Å². The van der Waals surface area contributed by atoms with E-state index in [1.807, 2.05) is 55.5 Å². The summed E-state index contributed by atoms with van der Waals surface area (Å²) >= 11 is 0. The van der Waals surface area contributed by atoms with Crippen molar-refractivity contribution in [1.82, 2.24) is 0 Å². The van der Waals surface area contributed by atoms with Crippen molar-refractivity contribution in [1.29, 1.82) is 0 Å². The molecular formula is C56H61N3O15S4. The number of aliphatic hydroxyl groups excluding tert-OH is 2. The Labute approximate surface area is 461 Å². The number of ketones is 1. The minimum Gasteiger partial charge on any atom is -0.493 e. The van der Waals surface area contributed by atoms with Crippen LogP contribution in [0.4, 0.5) is 17.1 Å². The van der Waals surface area contributed by atoms with Gasteiger partial charge in [-0.25, -0.2) is 0 Å². The third-order valence-electron chi connectivity index (χ3n) is 14.7. The SMILES string of the molecule is CCC(=O)C(CCSSCCC(C(=O)Nc1cc(COc2cc3c(cc2C)C(=O)N2c4ccccc4C[C@H]2C(O)C3)cc(COc2cc3c(cc2OC)C(=O)N2c4ccccc4C[C@H]2C(O)C3)c1)S(=O)(=O)OC)S(=O)(=O)OC. The minimum absolute atomic E-state index is 0.00831. The summed E-state index contributed by atoms with van der Waals surface area (Å²) in [4.78, 5) is 58.2. The van der Waals surface area contributed by atoms with Gasteiger partial charge in [0.1, 0.15) is 24.2 Å². The summed E-state index contributed by atoms with van der Waals surface area (Å²) in [6.07, 6.45) is -0.511. The van der Waals surface area contributed by atoms with Crippen LogP contribution >= 0.6 is 21.6 Å². The summed E-state index contributed by atoms with van der Waals surface area (Å²) < 4.78 is 79.6. The molecule has 78 heavy (non-hydrogen) atoms. The van der Waals surface area contributed by atoms with Crippen LogP contribution in [0.5, 0.6) is 17.2 Å². The zero-order chi connectivity index (χ0) is 55.6. The molecule has 4 aliphatic rings. The number of anilines is 3. The summed E-state index contributed by atoms with van der Waals surface area (Å²) in [5.41, 5.74) is 7.43. The number of benzene rings is 5. The second kappa shape index (κ2) is 23.8. The van der Waals surface area contributed by atoms with Gasteiger partial charge in [-0.05, 0) is 126 Å². The fourth-order valence-electron chi connectivity index (χ4n) is 10.7. The topological polar surface area (TPSA) is 242 Å². The molecule has 0 spiro atoms. The van der Waals surface area contributed by atoms with E-state index in [2.05, 4.69) is 9.50 Å². The lowest BCUT2D eigenvalue weighted by Gasteiger charge is -2.26. The van der Waals surface area contributed by atoms with Gasteiger partial charge in [-0.2, -0.15) is 16.8 Å². The number of aryl methyl sites for hydroxylation is 1. The highest BCUT2D eigenvalue weighted by Gasteiger charge is 2.44. The Morgan fingerprint density at radius 3 is 1.65 bits per heavy atom. The lowest BCUT2D eigenvalue weighted by atomic mass is 9.96. The van der Waals surface area contributed by atoms with Crippen molar-refractivity contribution < 1.29 is 68.8 Å². The molecule has 5 aromatic carbocycles. The molecule has 0 bridgehead atoms. The Morgan fingerprint density at radius 2 is 1.13 bits per heavy atom. The smallest absolute Gasteiger partial charge is 0.279 e. The monoisotopic (exact) mass is 1140 g/mol. The molecule has 0 saturated carbocycles. The zero-order valence-electron chi connectivity index (χ0n) is 43.6. The highest BCUT2D eigenvalue weighted by Crippen LogP contribution is 2.42. The molecule has 22 heteroatoms. The summed E-state index contributed by atoms with van der Waals surface area (Å²) in [7, 11) is -2.71. The zero-order valence-corrected chi connectivity index (χ0v) is 46.9. The average Bonchev–Trinajstić information content (AvgIpc) is 4.06. The molecule has 4 unspecified atom stereocenters. The highest BCUT2D eigenvalue weighted by atomic mass is 33.1. The van der Waals surface area contributed by atoms with E-state index in [0.29, 0.717) is 57.5 Å². The van der Waals surface area contributed by atoms with Crippen LogP contribution in [0.15, 0.2) is 91.0 Å². The standard InChI is InChI=1S/C56H61N3O15S4/c1-6-46(60)52(77(66,67)71-4)15-17-75-76-18-16-53(78(68,69)72-5)54(63)57-39-21-33(30-73-49-27-37-25-47(61)44-23-35-11-7-9-13-42(35)58(44)55(64)40(37)19-32(49)2)20-34(22-39)31-74-51-28-38-26-48(62)45-24-36-12-8-10-14-43(36)59(45)56(65)41(38)29-50(51)70-3/h7-14,19-22,27-29,44-45,47-48,52-53,61-62H,6,15-18,23-26,30-31H2,1-5H3,(H,57,63)/t44-,45-,47?,48?,52?,53?/m0/s1. The number of amides is 3. The van der Waals surface area contributed by atoms with Gasteiger partial charge in [-0.3, -0.25) is 27.5 Å². The fourth-order valence-corrected chi connectivity index (χ4v) is 15.3. The molecule has 18 nitrogen and oxygen atoms in total. The molecule has 3 amide bonds. The molecule has 3 N–H and O–H groups in total. The predicted octanol–water partition coefficient (Wildman–Crippen LogP) is 6.91. The van der Waals surface area contributed by atoms with Gasteiger partial charge in [0.25, 0.3) is 32.1 Å². The molecule has 0 aliphatic carbocycles. The quantitative estimate of drug-likeness (QED) is 0.0362. The van der Waals surface area contributed by atoms with Crippen LogP contribution < -0.4 is 29.3 Å². The summed E-state index contributed by atoms with van der Waals surface area (Å²) in [6, 6.07) is 26.2. The van der Waals surface area contributed by atoms with Crippen molar-refractivity contribution in [3.05, 3.63) is 141 Å². The number of carbonyl (C=O) groups excluding carboxylic acids is 4. The molecule has 5 aromatic rings. The number of fused-ring (bicyclic) bond motifs is 8. The van der Waals surface area contributed by atoms with E-state index >= 15 is 0 Å². The summed E-state index contributed by atoms with van der Waals surface area (Å²) in [5, 5.41) is 22.7. The molecule has 414 valence electrons. The van der Waals surface area contributed by atoms with E-state index in [1.54, 1.807) is 59.2 Å². The first-order valence-corrected chi connectivity index (χ1v) is 30.9. The normalized spacial score (nSPS) is 19.3. The number of rotatable bonds is 22. The molecule has 0 radical (unpaired) electrons. The lowest BCUT2D eigenvalue weighted by Crippen LogP contribution is -2.43. The van der Waals surface area contributed by atoms with E-state index in [-0.39, 0.29) is 85.8 Å². The van der Waals surface area contributed by atoms with E-state index in [1.165, 1.54) is 28.7 Å². The summed E-state index contributed by atoms with van der Waals surface area (Å²) in [6.45, 7) is 3.20. The molecule has 4 heterocycles. The van der Waals surface area contributed by atoms with Gasteiger partial charge < -0.3 is 39.5 Å². The van der Waals surface area contributed by atoms with Crippen molar-refractivity contribution >= 4 is 82.4 Å². The molecule has 4 aliphatic heterocycles. The number of aliphatic hydroxyl groups is 2. The van der Waals surface area contributed by atoms with Crippen molar-refractivity contribution in [2.45, 2.75) is 107 Å². The Balaban J connectivity index is 0.963. The Hall–Kier alpha value is -5.98. The van der Waals surface area contributed by atoms with Crippen molar-refractivity contribution in [3.8, 4) is 17.2 Å². The van der Waals surface area contributed by atoms with Gasteiger partial charge in [0.15, 0.2) is 22.5 Å². The number of Topliss-reactive ketones (excluding diaryl/α,β-unsaturated/α-hetero) is 1. The van der Waals surface area contributed by atoms with Crippen LogP contribution in [0.25, 0.3) is 0 Å². The number of carbonyl (C=O) groups is 4. The van der Waals surface area contributed by atoms with Crippen molar-refractivity contribution in [3.63, 3.8) is 0 Å². The van der Waals surface area contributed by atoms with Gasteiger partial charge in [0.05, 0.1) is 45.6 Å². The third-order valence-corrected chi connectivity index (χ3v) is 20.5. The number of hydrogen-bond donors (Lipinski definition) is 3. The maximum atomic E-state index is 14.2. The number of para-hydroxylation sites is 2. The molecule has 0 fully saturated rings. The maximum absolute atomic E-state index is 14.2. The maximum Gasteiger partial charge on any atom is 0.279 e. The van der Waals surface area contributed by atoms with Gasteiger partial charge >= 0.3 is 0 Å². The van der Waals surface area contributed by atoms with Crippen LogP contribution in [0, 0.1) is 6.92 Å². The second-order valence-electron chi connectivity index (χ2n) is 19.6. The first-order chi connectivity index (χ1) is 37.4. The first kappa shape index (κ1) is 56.7. The van der Waals surface area contributed by atoms with E-state index in [0.717, 1.165) is 36.7 Å². The molecule has 6 atom stereocenters. The van der Waals surface area contributed by atoms with Gasteiger partial charge in [-0.15, -0.1) is 0 Å². The molecule has 9 rings (SSSR count). The van der Waals surface area contributed by atoms with E-state index in [9.17, 15) is 46.2 Å². The van der Waals surface area contributed by atoms with E-state index in [4.69, 9.17) is 18.4 Å². The largest absolute Gasteiger partial charge is 0.493 e. The highest BCUT2D eigenvalue weighted by molar-refractivity contribution is 8.76. The molecule has 0 aromatic heterocycles. The van der Waals surface area contributed by atoms with Gasteiger partial charge in [0.2, 0.25) is 5.91 Å². The van der Waals surface area contributed by atoms with Crippen molar-refractivity contribution in [2.24, 2.45) is 0 Å². The van der Waals surface area contributed by atoms with Crippen LogP contribution in [0.3, 0.4) is 0 Å². The Bertz CT molecular complexity index is 3370. The molecular weight excluding hydrogens is 1080 g/mol. The Morgan fingerprint density at radius 1 is 0.641 bits per heavy atom. The first-order valence-electron chi connectivity index (χ1n) is 25.4. The minimum atomic E-state index is -4.45. The predicted molar refractivity (Wildman–Crippen MR) is 298 cm³/mol. The number of methoxy groups -OCH3 is 1. The van der Waals surface area contributed by atoms with E-state index < -0.39 is 66.7 Å². The third kappa shape index (κ3) is 11.7. The van der Waals surface area contributed by atoms with Gasteiger partial charge in [0, 0.05) is 59.0 Å². The number of nitrogens with one attached hydrogen (secondary N) is 1. The number of nitrogens with zero attached hydrogens (tertiary/aromatic N) is 2. The average molecular weight is 1140 g/mol. The van der Waals surface area contributed by atoms with Crippen LogP contribution in [0.2, 0.25) is 0 Å². The summed E-state index contributed by atoms with van der Waals surface area (Å²) in [5.74, 6) is -0.498. The fraction of sp³-hybridized carbons (Fsp3) is 0.393. The number of ether oxygens (including phenoxy) is 3. The van der Waals surface area contributed by atoms with Gasteiger partial charge in [-0.1, -0.05) is 64.9 Å². The lowest BCUT2D eigenvalue weighted by molar-refractivity contribution is -0.118. The van der Waals surface area contributed by atoms with Crippen LogP contribution in [0.1, 0.15) is 85.8 Å². The molecule has 0 saturated heterocycles. The van der Waals surface area contributed by atoms with Crippen molar-refractivity contribution in [2.75, 3.05) is 48.0 Å².